The number of fused-ring (bicyclic) bond motifs is 12. The van der Waals surface area contributed by atoms with E-state index in [0.29, 0.717) is 5.95 Å². The van der Waals surface area contributed by atoms with Crippen LogP contribution in [0, 0.1) is 0 Å². The van der Waals surface area contributed by atoms with Crippen LogP contribution in [0.2, 0.25) is 0 Å². The van der Waals surface area contributed by atoms with E-state index in [1.165, 1.54) is 71.2 Å². The normalized spacial score (nSPS) is 13.3. The van der Waals surface area contributed by atoms with Crippen LogP contribution in [0.5, 0.6) is 0 Å². The van der Waals surface area contributed by atoms with Gasteiger partial charge in [0, 0.05) is 27.1 Å². The predicted octanol–water partition coefficient (Wildman–Crippen LogP) is 12.7. The van der Waals surface area contributed by atoms with Gasteiger partial charge in [0.05, 0.1) is 22.2 Å². The lowest BCUT2D eigenvalue weighted by molar-refractivity contribution is 0.664. The zero-order chi connectivity index (χ0) is 34.6. The average molecular weight is 664 g/mol. The molecule has 0 saturated carbocycles. The molecule has 0 amide bonds. The Hall–Kier alpha value is -6.58. The number of hydrogen-bond donors (Lipinski definition) is 0. The van der Waals surface area contributed by atoms with Crippen LogP contribution >= 0.6 is 0 Å². The highest BCUT2D eigenvalue weighted by atomic mass is 15.2. The first-order valence-electron chi connectivity index (χ1n) is 18.0. The lowest BCUT2D eigenvalue weighted by Crippen LogP contribution is -2.17. The molecule has 0 aliphatic heterocycles. The van der Waals surface area contributed by atoms with Gasteiger partial charge < -0.3 is 0 Å². The Morgan fingerprint density at radius 3 is 1.94 bits per heavy atom. The predicted molar refractivity (Wildman–Crippen MR) is 217 cm³/mol. The fourth-order valence-corrected chi connectivity index (χ4v) is 9.07. The molecule has 0 radical (unpaired) electrons. The first-order valence-corrected chi connectivity index (χ1v) is 18.0. The molecule has 0 atom stereocenters. The van der Waals surface area contributed by atoms with E-state index in [1.54, 1.807) is 0 Å². The summed E-state index contributed by atoms with van der Waals surface area (Å²) in [5.41, 5.74) is 12.7. The Kier molecular flexibility index (Phi) is 6.01. The van der Waals surface area contributed by atoms with Crippen molar-refractivity contribution in [1.29, 1.82) is 0 Å². The molecule has 0 N–H and O–H groups in total. The van der Waals surface area contributed by atoms with Crippen LogP contribution in [0.3, 0.4) is 0 Å². The van der Waals surface area contributed by atoms with Crippen molar-refractivity contribution >= 4 is 54.3 Å². The van der Waals surface area contributed by atoms with Crippen molar-refractivity contribution in [3.8, 4) is 39.5 Å². The van der Waals surface area contributed by atoms with Crippen LogP contribution in [0.4, 0.5) is 0 Å². The van der Waals surface area contributed by atoms with Crippen LogP contribution in [-0.4, -0.2) is 14.5 Å². The Balaban J connectivity index is 1.21. The van der Waals surface area contributed by atoms with Gasteiger partial charge in [-0.15, -0.1) is 0 Å². The smallest absolute Gasteiger partial charge is 0.235 e. The van der Waals surface area contributed by atoms with Crippen LogP contribution in [0.15, 0.2) is 164 Å². The minimum absolute atomic E-state index is 0.239. The molecule has 52 heavy (non-hydrogen) atoms. The van der Waals surface area contributed by atoms with Crippen LogP contribution in [0.1, 0.15) is 25.0 Å². The Labute approximate surface area is 301 Å². The SMILES string of the molecule is CC1(C)c2ccccc2-c2c1c1c(c3ccccc23)c2ccccc2n1-c1nc(-c2ccc(-c3cccc4ccccc34)cc2)c2ccccc2n1. The second-order valence-corrected chi connectivity index (χ2v) is 14.5. The number of nitrogens with zero attached hydrogens (tertiary/aromatic N) is 3. The summed E-state index contributed by atoms with van der Waals surface area (Å²) in [7, 11) is 0. The van der Waals surface area contributed by atoms with Gasteiger partial charge in [0.15, 0.2) is 0 Å². The van der Waals surface area contributed by atoms with Gasteiger partial charge in [-0.3, -0.25) is 4.57 Å². The van der Waals surface area contributed by atoms with Gasteiger partial charge in [0.25, 0.3) is 0 Å². The minimum atomic E-state index is -0.239. The van der Waals surface area contributed by atoms with E-state index in [9.17, 15) is 0 Å². The average Bonchev–Trinajstić information content (AvgIpc) is 3.66. The lowest BCUT2D eigenvalue weighted by atomic mass is 9.80. The van der Waals surface area contributed by atoms with Gasteiger partial charge >= 0.3 is 0 Å². The third kappa shape index (κ3) is 3.96. The van der Waals surface area contributed by atoms with Crippen molar-refractivity contribution in [1.82, 2.24) is 14.5 Å². The molecule has 10 aromatic rings. The molecule has 8 aromatic carbocycles. The minimum Gasteiger partial charge on any atom is -0.278 e. The zero-order valence-electron chi connectivity index (χ0n) is 28.9. The third-order valence-corrected chi connectivity index (χ3v) is 11.4. The highest BCUT2D eigenvalue weighted by Gasteiger charge is 2.40. The van der Waals surface area contributed by atoms with Crippen molar-refractivity contribution < 1.29 is 0 Å². The van der Waals surface area contributed by atoms with Crippen molar-refractivity contribution in [2.24, 2.45) is 0 Å². The topological polar surface area (TPSA) is 30.7 Å². The van der Waals surface area contributed by atoms with Gasteiger partial charge in [0.2, 0.25) is 5.95 Å². The fourth-order valence-electron chi connectivity index (χ4n) is 9.07. The molecule has 3 heteroatoms. The summed E-state index contributed by atoms with van der Waals surface area (Å²) >= 11 is 0. The molecule has 1 aliphatic carbocycles. The second-order valence-electron chi connectivity index (χ2n) is 14.5. The summed E-state index contributed by atoms with van der Waals surface area (Å²) in [4.78, 5) is 10.9. The highest BCUT2D eigenvalue weighted by Crippen LogP contribution is 2.56. The molecule has 3 nitrogen and oxygen atoms in total. The maximum Gasteiger partial charge on any atom is 0.235 e. The standard InChI is InChI=1S/C49H33N3/c1-49(2)40-23-10-7-19-37(40)43-35-17-5-6-18-36(35)44-39-21-9-12-25-42(39)52(47(44)45(43)49)48-50-41-24-11-8-20-38(41)46(51-48)32-28-26-31(27-29-32)34-22-13-15-30-14-3-4-16-33(30)34/h3-29H,1-2H3. The van der Waals surface area contributed by atoms with E-state index < -0.39 is 0 Å². The van der Waals surface area contributed by atoms with E-state index in [-0.39, 0.29) is 5.41 Å². The Bertz CT molecular complexity index is 3090. The lowest BCUT2D eigenvalue weighted by Gasteiger charge is -2.24. The molecule has 0 spiro atoms. The van der Waals surface area contributed by atoms with Gasteiger partial charge in [-0.25, -0.2) is 9.97 Å². The molecule has 11 rings (SSSR count). The van der Waals surface area contributed by atoms with Crippen LogP contribution in [-0.2, 0) is 5.41 Å². The zero-order valence-corrected chi connectivity index (χ0v) is 28.9. The number of rotatable bonds is 3. The molecule has 0 saturated heterocycles. The van der Waals surface area contributed by atoms with Crippen molar-refractivity contribution in [3.05, 3.63) is 175 Å². The summed E-state index contributed by atoms with van der Waals surface area (Å²) in [6, 6.07) is 59.0. The molecular weight excluding hydrogens is 631 g/mol. The molecule has 244 valence electrons. The molecule has 0 bridgehead atoms. The fraction of sp³-hybridized carbons (Fsp3) is 0.0612. The molecule has 2 heterocycles. The van der Waals surface area contributed by atoms with Gasteiger partial charge in [-0.2, -0.15) is 0 Å². The van der Waals surface area contributed by atoms with E-state index in [1.807, 2.05) is 0 Å². The highest BCUT2D eigenvalue weighted by molar-refractivity contribution is 6.27. The monoisotopic (exact) mass is 663 g/mol. The van der Waals surface area contributed by atoms with Gasteiger partial charge in [-0.05, 0) is 67.1 Å². The van der Waals surface area contributed by atoms with E-state index >= 15 is 0 Å². The summed E-state index contributed by atoms with van der Waals surface area (Å²) in [6.07, 6.45) is 0. The van der Waals surface area contributed by atoms with Crippen molar-refractivity contribution in [2.75, 3.05) is 0 Å². The molecular formula is C49H33N3. The Morgan fingerprint density at radius 1 is 0.481 bits per heavy atom. The Morgan fingerprint density at radius 2 is 1.10 bits per heavy atom. The maximum absolute atomic E-state index is 5.52. The maximum atomic E-state index is 5.52. The van der Waals surface area contributed by atoms with E-state index in [2.05, 4.69) is 182 Å². The second kappa shape index (κ2) is 10.7. The summed E-state index contributed by atoms with van der Waals surface area (Å²) < 4.78 is 2.35. The molecule has 1 aliphatic rings. The number of aromatic nitrogens is 3. The van der Waals surface area contributed by atoms with E-state index in [0.717, 1.165) is 27.7 Å². The summed E-state index contributed by atoms with van der Waals surface area (Å²) in [5, 5.41) is 8.54. The van der Waals surface area contributed by atoms with Crippen LogP contribution in [0.25, 0.3) is 93.7 Å². The van der Waals surface area contributed by atoms with E-state index in [4.69, 9.17) is 9.97 Å². The van der Waals surface area contributed by atoms with Crippen LogP contribution < -0.4 is 0 Å². The third-order valence-electron chi connectivity index (χ3n) is 11.4. The van der Waals surface area contributed by atoms with Crippen molar-refractivity contribution in [3.63, 3.8) is 0 Å². The number of benzene rings is 8. The molecule has 0 fully saturated rings. The molecule has 0 unspecified atom stereocenters. The quantitative estimate of drug-likeness (QED) is 0.188. The summed E-state index contributed by atoms with van der Waals surface area (Å²) in [6.45, 7) is 4.75. The molecule has 2 aromatic heterocycles. The van der Waals surface area contributed by atoms with Gasteiger partial charge in [0.1, 0.15) is 0 Å². The van der Waals surface area contributed by atoms with Gasteiger partial charge in [-0.1, -0.05) is 166 Å². The summed E-state index contributed by atoms with van der Waals surface area (Å²) in [5.74, 6) is 0.683. The number of para-hydroxylation sites is 2. The number of hydrogen-bond acceptors (Lipinski definition) is 2. The van der Waals surface area contributed by atoms with Crippen molar-refractivity contribution in [2.45, 2.75) is 19.3 Å². The first-order chi connectivity index (χ1) is 25.6. The largest absolute Gasteiger partial charge is 0.278 e. The first kappa shape index (κ1) is 29.2.